The monoisotopic (exact) mass is 775 g/mol. The molecule has 0 bridgehead atoms. The van der Waals surface area contributed by atoms with E-state index in [1.807, 2.05) is 6.08 Å². The number of ether oxygens (including phenoxy) is 2. The van der Waals surface area contributed by atoms with Crippen molar-refractivity contribution in [2.45, 2.75) is 129 Å². The highest BCUT2D eigenvalue weighted by Crippen LogP contribution is 2.43. The molecule has 0 fully saturated rings. The number of allylic oxidation sites excluding steroid dienone is 16. The Morgan fingerprint density at radius 3 is 1.56 bits per heavy atom. The van der Waals surface area contributed by atoms with Crippen molar-refractivity contribution in [3.05, 3.63) is 97.2 Å². The van der Waals surface area contributed by atoms with Crippen molar-refractivity contribution in [3.8, 4) is 0 Å². The van der Waals surface area contributed by atoms with E-state index >= 15 is 0 Å². The zero-order valence-corrected chi connectivity index (χ0v) is 33.7. The minimum absolute atomic E-state index is 0.0292. The van der Waals surface area contributed by atoms with Crippen LogP contribution >= 0.6 is 7.82 Å². The molecule has 0 saturated carbocycles. The van der Waals surface area contributed by atoms with Crippen molar-refractivity contribution in [1.29, 1.82) is 0 Å². The Kier molecular flexibility index (Phi) is 37.3. The van der Waals surface area contributed by atoms with E-state index in [-0.39, 0.29) is 39.2 Å². The number of unbranched alkanes of at least 4 members (excludes halogenated alkanes) is 6. The molecule has 0 aliphatic heterocycles. The number of hydrogen-bond acceptors (Lipinski definition) is 9. The molecule has 10 nitrogen and oxygen atoms in total. The molecule has 4 N–H and O–H groups in total. The smallest absolute Gasteiger partial charge is 0.462 e. The van der Waals surface area contributed by atoms with E-state index in [0.29, 0.717) is 19.3 Å². The molecule has 0 spiro atoms. The highest BCUT2D eigenvalue weighted by Gasteiger charge is 2.25. The largest absolute Gasteiger partial charge is 0.472 e. The van der Waals surface area contributed by atoms with Crippen molar-refractivity contribution in [2.75, 3.05) is 33.0 Å². The van der Waals surface area contributed by atoms with Crippen LogP contribution in [-0.2, 0) is 32.7 Å². The molecule has 0 aromatic heterocycles. The summed E-state index contributed by atoms with van der Waals surface area (Å²) < 4.78 is 32.6. The van der Waals surface area contributed by atoms with Gasteiger partial charge in [-0.2, -0.15) is 0 Å². The minimum atomic E-state index is -4.41. The number of aliphatic hydroxyl groups excluding tert-OH is 1. The maximum atomic E-state index is 12.5. The molecule has 306 valence electrons. The number of aliphatic hydroxyl groups is 1. The number of carbonyl (C=O) groups is 2. The fourth-order valence-electron chi connectivity index (χ4n) is 4.59. The van der Waals surface area contributed by atoms with Crippen LogP contribution in [0.5, 0.6) is 0 Å². The average molecular weight is 776 g/mol. The highest BCUT2D eigenvalue weighted by atomic mass is 31.2. The van der Waals surface area contributed by atoms with Crippen LogP contribution in [0.4, 0.5) is 0 Å². The molecule has 0 aliphatic rings. The Morgan fingerprint density at radius 1 is 0.593 bits per heavy atom. The third kappa shape index (κ3) is 38.6. The van der Waals surface area contributed by atoms with Gasteiger partial charge in [0.1, 0.15) is 6.61 Å². The van der Waals surface area contributed by atoms with Crippen LogP contribution in [0.3, 0.4) is 0 Å². The fraction of sp³-hybridized carbons (Fsp3) is 0.581. The Labute approximate surface area is 326 Å². The van der Waals surface area contributed by atoms with Gasteiger partial charge in [0.15, 0.2) is 6.10 Å². The predicted octanol–water partition coefficient (Wildman–Crippen LogP) is 10.0. The Morgan fingerprint density at radius 2 is 1.06 bits per heavy atom. The summed E-state index contributed by atoms with van der Waals surface area (Å²) >= 11 is 0. The van der Waals surface area contributed by atoms with Crippen molar-refractivity contribution < 1.29 is 42.7 Å². The molecule has 0 aromatic rings. The van der Waals surface area contributed by atoms with Crippen LogP contribution in [0.25, 0.3) is 0 Å². The van der Waals surface area contributed by atoms with Crippen LogP contribution in [0, 0.1) is 0 Å². The van der Waals surface area contributed by atoms with Gasteiger partial charge in [0, 0.05) is 26.0 Å². The van der Waals surface area contributed by atoms with Gasteiger partial charge in [-0.25, -0.2) is 4.57 Å². The molecule has 0 amide bonds. The molecule has 54 heavy (non-hydrogen) atoms. The summed E-state index contributed by atoms with van der Waals surface area (Å²) in [5, 5.41) is 8.78. The lowest BCUT2D eigenvalue weighted by molar-refractivity contribution is -0.161. The normalized spacial score (nSPS) is 14.4. The van der Waals surface area contributed by atoms with Gasteiger partial charge in [-0.05, 0) is 96.3 Å². The van der Waals surface area contributed by atoms with Crippen LogP contribution in [0.15, 0.2) is 97.2 Å². The summed E-state index contributed by atoms with van der Waals surface area (Å²) in [4.78, 5) is 34.7. The van der Waals surface area contributed by atoms with Gasteiger partial charge in [-0.3, -0.25) is 18.6 Å². The minimum Gasteiger partial charge on any atom is -0.462 e. The average Bonchev–Trinajstić information content (AvgIpc) is 3.16. The van der Waals surface area contributed by atoms with Gasteiger partial charge < -0.3 is 25.2 Å². The lowest BCUT2D eigenvalue weighted by atomic mass is 10.2. The van der Waals surface area contributed by atoms with E-state index in [1.54, 1.807) is 0 Å². The number of phosphoric ester groups is 1. The molecule has 0 heterocycles. The van der Waals surface area contributed by atoms with Gasteiger partial charge >= 0.3 is 19.8 Å². The molecule has 2 atom stereocenters. The first-order chi connectivity index (χ1) is 26.3. The Hall–Kier alpha value is -3.11. The zero-order valence-electron chi connectivity index (χ0n) is 32.9. The number of esters is 2. The van der Waals surface area contributed by atoms with E-state index in [2.05, 4.69) is 98.1 Å². The molecule has 0 saturated heterocycles. The van der Waals surface area contributed by atoms with Crippen molar-refractivity contribution in [3.63, 3.8) is 0 Å². The van der Waals surface area contributed by atoms with Gasteiger partial charge in [-0.15, -0.1) is 0 Å². The summed E-state index contributed by atoms with van der Waals surface area (Å²) in [6.45, 7) is 1.47. The van der Waals surface area contributed by atoms with Crippen LogP contribution in [0.1, 0.15) is 122 Å². The quantitative estimate of drug-likeness (QED) is 0.0242. The van der Waals surface area contributed by atoms with E-state index < -0.39 is 32.5 Å². The van der Waals surface area contributed by atoms with E-state index in [0.717, 1.165) is 83.5 Å². The first-order valence-electron chi connectivity index (χ1n) is 19.8. The molecular formula is C43H70NO9P. The van der Waals surface area contributed by atoms with Gasteiger partial charge in [0.05, 0.1) is 13.2 Å². The first kappa shape index (κ1) is 50.9. The first-order valence-corrected chi connectivity index (χ1v) is 21.3. The summed E-state index contributed by atoms with van der Waals surface area (Å²) in [6, 6.07) is 0. The fourth-order valence-corrected chi connectivity index (χ4v) is 5.36. The maximum Gasteiger partial charge on any atom is 0.472 e. The van der Waals surface area contributed by atoms with Gasteiger partial charge in [0.25, 0.3) is 0 Å². The van der Waals surface area contributed by atoms with Crippen molar-refractivity contribution in [2.24, 2.45) is 5.73 Å². The zero-order chi connectivity index (χ0) is 39.6. The highest BCUT2D eigenvalue weighted by molar-refractivity contribution is 7.47. The maximum absolute atomic E-state index is 12.5. The lowest BCUT2D eigenvalue weighted by Gasteiger charge is -2.19. The van der Waals surface area contributed by atoms with E-state index in [9.17, 15) is 19.0 Å². The second kappa shape index (κ2) is 39.6. The molecule has 0 aromatic carbocycles. The topological polar surface area (TPSA) is 155 Å². The molecule has 0 rings (SSSR count). The third-order valence-corrected chi connectivity index (χ3v) is 8.49. The summed E-state index contributed by atoms with van der Waals surface area (Å²) in [5.74, 6) is -0.970. The van der Waals surface area contributed by atoms with Crippen LogP contribution in [0.2, 0.25) is 0 Å². The molecule has 1 unspecified atom stereocenters. The molecular weight excluding hydrogens is 705 g/mol. The number of hydrogen-bond donors (Lipinski definition) is 3. The standard InChI is InChI=1S/C43H70NO9P/c1-2-3-4-5-6-7-8-9-13-17-20-23-26-29-32-35-43(47)53-41(40-52-54(48,49)51-38-36-44)39-50-42(46)34-31-28-25-22-19-16-14-11-10-12-15-18-21-24-27-30-33-37-45/h3-4,6-7,9-10,12-14,16,18,20-23,25,41,45H,2,5,8,11,15,17,19,24,26-40,44H2,1H3,(H,48,49)/b4-3-,7-6-,12-10-,13-9-,16-14-,21-18-,23-20-,25-22-/t41-/m1/s1. The predicted molar refractivity (Wildman–Crippen MR) is 221 cm³/mol. The lowest BCUT2D eigenvalue weighted by Crippen LogP contribution is -2.29. The van der Waals surface area contributed by atoms with Crippen LogP contribution < -0.4 is 5.73 Å². The Bertz CT molecular complexity index is 1200. The second-order valence-corrected chi connectivity index (χ2v) is 13.9. The number of phosphoric acid groups is 1. The molecule has 0 aliphatic carbocycles. The van der Waals surface area contributed by atoms with Crippen LogP contribution in [-0.4, -0.2) is 61.0 Å². The third-order valence-electron chi connectivity index (χ3n) is 7.51. The molecule has 0 radical (unpaired) electrons. The summed E-state index contributed by atoms with van der Waals surface area (Å²) in [5.41, 5.74) is 5.33. The van der Waals surface area contributed by atoms with Gasteiger partial charge in [0.2, 0.25) is 0 Å². The second-order valence-electron chi connectivity index (χ2n) is 12.5. The SMILES string of the molecule is CC/C=C\C/C=C\C/C=C\C/C=C\CCCCC(=O)O[C@H](COC(=O)CCC/C=C\C/C=C\C/C=C\C/C=C\CCCCCO)COP(=O)(O)OCCN. The summed E-state index contributed by atoms with van der Waals surface area (Å²) in [7, 11) is -4.41. The Balaban J connectivity index is 4.39. The van der Waals surface area contributed by atoms with E-state index in [1.165, 1.54) is 0 Å². The van der Waals surface area contributed by atoms with Gasteiger partial charge in [-0.1, -0.05) is 111 Å². The number of nitrogens with two attached hydrogens (primary N) is 1. The van der Waals surface area contributed by atoms with Crippen molar-refractivity contribution >= 4 is 19.8 Å². The number of carbonyl (C=O) groups excluding carboxylic acids is 2. The van der Waals surface area contributed by atoms with Crippen molar-refractivity contribution in [1.82, 2.24) is 0 Å². The van der Waals surface area contributed by atoms with E-state index in [4.69, 9.17) is 29.4 Å². The number of rotatable bonds is 36. The summed E-state index contributed by atoms with van der Waals surface area (Å²) in [6.07, 6.45) is 47.5. The molecule has 11 heteroatoms.